The van der Waals surface area contributed by atoms with Gasteiger partial charge in [-0.15, -0.1) is 0 Å². The largest absolute Gasteiger partial charge is 2.00 e. The maximum atomic E-state index is 10.2. The van der Waals surface area contributed by atoms with Gasteiger partial charge in [0.05, 0.1) is 0 Å². The molecule has 0 atom stereocenters. The van der Waals surface area contributed by atoms with E-state index in [1.54, 1.807) is 24.3 Å². The second kappa shape index (κ2) is 3.48. The van der Waals surface area contributed by atoms with E-state index in [9.17, 15) is 9.59 Å². The molecule has 0 heterocycles. The Labute approximate surface area is 69.2 Å². The Hall–Kier alpha value is -0.674. The molecule has 1 aliphatic rings. The molecule has 53 valence electrons. The summed E-state index contributed by atoms with van der Waals surface area (Å²) in [5.41, 5.74) is -0.944. The van der Waals surface area contributed by atoms with Gasteiger partial charge in [0.1, 0.15) is 18.0 Å². The van der Waals surface area contributed by atoms with Gasteiger partial charge in [-0.05, 0) is 0 Å². The molecule has 3 heteroatoms. The molecule has 0 aliphatic heterocycles. The second-order valence-corrected chi connectivity index (χ2v) is 1.95. The van der Waals surface area contributed by atoms with Crippen molar-refractivity contribution in [2.75, 3.05) is 0 Å². The van der Waals surface area contributed by atoms with E-state index in [0.717, 1.165) is 0 Å². The monoisotopic (exact) mass is 181 g/mol. The standard InChI is InChI=1S/C7H6O2.Co/c8-5-7(6-9)3-1-2-4-7;/h1-6H;/q;+2. The fourth-order valence-corrected chi connectivity index (χ4v) is 0.685. The van der Waals surface area contributed by atoms with Crippen molar-refractivity contribution in [3.8, 4) is 0 Å². The van der Waals surface area contributed by atoms with E-state index in [4.69, 9.17) is 0 Å². The van der Waals surface area contributed by atoms with Crippen molar-refractivity contribution in [3.05, 3.63) is 24.3 Å². The van der Waals surface area contributed by atoms with E-state index in [1.165, 1.54) is 0 Å². The Morgan fingerprint density at radius 1 is 1.00 bits per heavy atom. The van der Waals surface area contributed by atoms with Crippen molar-refractivity contribution >= 4 is 12.6 Å². The summed E-state index contributed by atoms with van der Waals surface area (Å²) in [6.45, 7) is 0. The molecule has 0 bridgehead atoms. The van der Waals surface area contributed by atoms with Gasteiger partial charge in [-0.3, -0.25) is 0 Å². The minimum Gasteiger partial charge on any atom is -0.302 e. The van der Waals surface area contributed by atoms with Crippen LogP contribution in [-0.2, 0) is 26.4 Å². The van der Waals surface area contributed by atoms with Crippen LogP contribution in [0.1, 0.15) is 0 Å². The smallest absolute Gasteiger partial charge is 0.302 e. The Morgan fingerprint density at radius 3 is 1.60 bits per heavy atom. The summed E-state index contributed by atoms with van der Waals surface area (Å²) in [5.74, 6) is 0. The Kier molecular flexibility index (Phi) is 3.25. The van der Waals surface area contributed by atoms with E-state index >= 15 is 0 Å². The van der Waals surface area contributed by atoms with Crippen LogP contribution in [0.2, 0.25) is 0 Å². The average Bonchev–Trinajstić information content (AvgIpc) is 2.36. The van der Waals surface area contributed by atoms with Gasteiger partial charge in [-0.1, -0.05) is 24.3 Å². The second-order valence-electron chi connectivity index (χ2n) is 1.95. The minimum atomic E-state index is -0.944. The SMILES string of the molecule is O=CC1(C=O)C=CC=C1.[Co+2]. The predicted octanol–water partition coefficient (Wildman–Crippen LogP) is 0.494. The topological polar surface area (TPSA) is 34.1 Å². The van der Waals surface area contributed by atoms with Gasteiger partial charge < -0.3 is 9.59 Å². The maximum Gasteiger partial charge on any atom is 2.00 e. The van der Waals surface area contributed by atoms with Gasteiger partial charge in [-0.2, -0.15) is 0 Å². The van der Waals surface area contributed by atoms with Crippen molar-refractivity contribution < 1.29 is 26.4 Å². The number of hydrogen-bond acceptors (Lipinski definition) is 2. The van der Waals surface area contributed by atoms with Crippen LogP contribution in [0.3, 0.4) is 0 Å². The summed E-state index contributed by atoms with van der Waals surface area (Å²) >= 11 is 0. The molecule has 0 aromatic heterocycles. The molecular weight excluding hydrogens is 175 g/mol. The van der Waals surface area contributed by atoms with Crippen molar-refractivity contribution in [3.63, 3.8) is 0 Å². The van der Waals surface area contributed by atoms with Crippen LogP contribution >= 0.6 is 0 Å². The molecule has 1 rings (SSSR count). The molecule has 0 aromatic carbocycles. The zero-order valence-corrected chi connectivity index (χ0v) is 6.15. The van der Waals surface area contributed by atoms with Crippen molar-refractivity contribution in [1.82, 2.24) is 0 Å². The molecule has 0 fully saturated rings. The van der Waals surface area contributed by atoms with Crippen LogP contribution < -0.4 is 0 Å². The van der Waals surface area contributed by atoms with Gasteiger partial charge in [-0.25, -0.2) is 0 Å². The van der Waals surface area contributed by atoms with Gasteiger partial charge >= 0.3 is 16.8 Å². The van der Waals surface area contributed by atoms with Gasteiger partial charge in [0.2, 0.25) is 0 Å². The van der Waals surface area contributed by atoms with E-state index in [-0.39, 0.29) is 16.8 Å². The molecular formula is C7H6CoO2+2. The third-order valence-electron chi connectivity index (χ3n) is 1.29. The fourth-order valence-electron chi connectivity index (χ4n) is 0.685. The number of allylic oxidation sites excluding steroid dienone is 4. The van der Waals surface area contributed by atoms with Crippen LogP contribution in [-0.4, -0.2) is 12.6 Å². The molecule has 2 nitrogen and oxygen atoms in total. The van der Waals surface area contributed by atoms with Crippen molar-refractivity contribution in [2.24, 2.45) is 5.41 Å². The van der Waals surface area contributed by atoms with Crippen LogP contribution in [0, 0.1) is 5.41 Å². The first kappa shape index (κ1) is 9.33. The van der Waals surface area contributed by atoms with Crippen LogP contribution in [0.25, 0.3) is 0 Å². The molecule has 1 aliphatic carbocycles. The maximum absolute atomic E-state index is 10.2. The summed E-state index contributed by atoms with van der Waals surface area (Å²) in [6, 6.07) is 0. The van der Waals surface area contributed by atoms with Gasteiger partial charge in [0, 0.05) is 0 Å². The molecule has 10 heavy (non-hydrogen) atoms. The summed E-state index contributed by atoms with van der Waals surface area (Å²) in [5, 5.41) is 0. The summed E-state index contributed by atoms with van der Waals surface area (Å²) < 4.78 is 0. The van der Waals surface area contributed by atoms with Gasteiger partial charge in [0.25, 0.3) is 0 Å². The molecule has 0 N–H and O–H groups in total. The quantitative estimate of drug-likeness (QED) is 0.459. The molecule has 0 aromatic rings. The first-order chi connectivity index (χ1) is 4.33. The van der Waals surface area contributed by atoms with Crippen LogP contribution in [0.15, 0.2) is 24.3 Å². The van der Waals surface area contributed by atoms with Crippen molar-refractivity contribution in [1.29, 1.82) is 0 Å². The third kappa shape index (κ3) is 1.43. The number of carbonyl (C=O) groups is 2. The fraction of sp³-hybridized carbons (Fsp3) is 0.143. The normalized spacial score (nSPS) is 18.0. The van der Waals surface area contributed by atoms with E-state index in [0.29, 0.717) is 12.6 Å². The average molecular weight is 181 g/mol. The number of rotatable bonds is 2. The molecule has 0 saturated carbocycles. The first-order valence-electron chi connectivity index (χ1n) is 2.63. The zero-order valence-electron chi connectivity index (χ0n) is 5.11. The molecule has 0 unspecified atom stereocenters. The Bertz CT molecular complexity index is 172. The molecule has 1 radical (unpaired) electrons. The van der Waals surface area contributed by atoms with E-state index in [1.807, 2.05) is 0 Å². The Balaban J connectivity index is 0.000000810. The summed E-state index contributed by atoms with van der Waals surface area (Å²) in [6.07, 6.45) is 7.74. The minimum absolute atomic E-state index is 0. The van der Waals surface area contributed by atoms with Gasteiger partial charge in [0.15, 0.2) is 0 Å². The van der Waals surface area contributed by atoms with Crippen LogP contribution in [0.4, 0.5) is 0 Å². The Morgan fingerprint density at radius 2 is 1.40 bits per heavy atom. The third-order valence-corrected chi connectivity index (χ3v) is 1.29. The number of carbonyl (C=O) groups excluding carboxylic acids is 2. The van der Waals surface area contributed by atoms with Crippen molar-refractivity contribution in [2.45, 2.75) is 0 Å². The molecule has 0 saturated heterocycles. The number of aldehydes is 2. The number of hydrogen-bond donors (Lipinski definition) is 0. The first-order valence-corrected chi connectivity index (χ1v) is 2.63. The predicted molar refractivity (Wildman–Crippen MR) is 32.8 cm³/mol. The summed E-state index contributed by atoms with van der Waals surface area (Å²) in [4.78, 5) is 20.5. The van der Waals surface area contributed by atoms with E-state index in [2.05, 4.69) is 0 Å². The zero-order chi connectivity index (χ0) is 6.74. The molecule has 0 spiro atoms. The molecule has 0 amide bonds. The van der Waals surface area contributed by atoms with E-state index < -0.39 is 5.41 Å². The van der Waals surface area contributed by atoms with Crippen LogP contribution in [0.5, 0.6) is 0 Å². The summed E-state index contributed by atoms with van der Waals surface area (Å²) in [7, 11) is 0.